The van der Waals surface area contributed by atoms with Crippen molar-refractivity contribution >= 4 is 11.8 Å². The van der Waals surface area contributed by atoms with E-state index in [1.165, 1.54) is 19.3 Å². The molecule has 1 atom stereocenters. The van der Waals surface area contributed by atoms with Crippen LogP contribution in [0.4, 0.5) is 0 Å². The van der Waals surface area contributed by atoms with Crippen molar-refractivity contribution < 1.29 is 9.59 Å². The summed E-state index contributed by atoms with van der Waals surface area (Å²) in [5.41, 5.74) is 0.303. The zero-order chi connectivity index (χ0) is 12.8. The van der Waals surface area contributed by atoms with Crippen LogP contribution in [0.25, 0.3) is 0 Å². The van der Waals surface area contributed by atoms with Gasteiger partial charge in [-0.15, -0.1) is 0 Å². The minimum atomic E-state index is -0.233. The van der Waals surface area contributed by atoms with E-state index in [2.05, 4.69) is 12.2 Å². The first-order valence-electron chi connectivity index (χ1n) is 7.16. The molecular formula is C14H22N2O2. The Morgan fingerprint density at radius 2 is 2.06 bits per heavy atom. The summed E-state index contributed by atoms with van der Waals surface area (Å²) in [4.78, 5) is 26.1. The lowest BCUT2D eigenvalue weighted by molar-refractivity contribution is -0.136. The fourth-order valence-corrected chi connectivity index (χ4v) is 3.16. The maximum atomic E-state index is 12.5. The highest BCUT2D eigenvalue weighted by molar-refractivity contribution is 5.90. The van der Waals surface area contributed by atoms with Crippen molar-refractivity contribution in [2.75, 3.05) is 13.1 Å². The van der Waals surface area contributed by atoms with Crippen LogP contribution >= 0.6 is 0 Å². The van der Waals surface area contributed by atoms with E-state index in [1.807, 2.05) is 4.90 Å². The molecule has 4 heteroatoms. The van der Waals surface area contributed by atoms with Crippen LogP contribution < -0.4 is 5.32 Å². The molecule has 1 aliphatic heterocycles. The molecule has 1 N–H and O–H groups in total. The molecule has 0 aromatic carbocycles. The summed E-state index contributed by atoms with van der Waals surface area (Å²) < 4.78 is 0. The SMILES string of the molecule is CC1(CN2CCC(=O)NC(C3CC3)C2=O)CCC1. The van der Waals surface area contributed by atoms with E-state index in [-0.39, 0.29) is 17.9 Å². The zero-order valence-corrected chi connectivity index (χ0v) is 11.1. The van der Waals surface area contributed by atoms with Crippen LogP contribution in [-0.2, 0) is 9.59 Å². The highest BCUT2D eigenvalue weighted by Gasteiger charge is 2.43. The van der Waals surface area contributed by atoms with Crippen LogP contribution in [0.1, 0.15) is 45.4 Å². The van der Waals surface area contributed by atoms with Gasteiger partial charge in [-0.25, -0.2) is 0 Å². The Bertz CT molecular complexity index is 372. The van der Waals surface area contributed by atoms with Gasteiger partial charge in [-0.3, -0.25) is 9.59 Å². The molecule has 3 rings (SSSR count). The number of nitrogens with one attached hydrogen (secondary N) is 1. The Morgan fingerprint density at radius 3 is 2.61 bits per heavy atom. The van der Waals surface area contributed by atoms with Crippen LogP contribution in [0.3, 0.4) is 0 Å². The number of amides is 2. The van der Waals surface area contributed by atoms with Crippen molar-refractivity contribution in [3.8, 4) is 0 Å². The van der Waals surface area contributed by atoms with E-state index in [4.69, 9.17) is 0 Å². The zero-order valence-electron chi connectivity index (χ0n) is 11.1. The molecule has 0 radical (unpaired) electrons. The van der Waals surface area contributed by atoms with E-state index in [1.54, 1.807) is 0 Å². The second-order valence-electron chi connectivity index (χ2n) is 6.56. The second kappa shape index (κ2) is 4.25. The van der Waals surface area contributed by atoms with Gasteiger partial charge in [0, 0.05) is 19.5 Å². The predicted octanol–water partition coefficient (Wildman–Crippen LogP) is 1.30. The van der Waals surface area contributed by atoms with Crippen LogP contribution in [0, 0.1) is 11.3 Å². The molecule has 0 aromatic heterocycles. The summed E-state index contributed by atoms with van der Waals surface area (Å²) in [6.45, 7) is 3.70. The average Bonchev–Trinajstić information content (AvgIpc) is 3.11. The molecule has 2 aliphatic carbocycles. The Morgan fingerprint density at radius 1 is 1.33 bits per heavy atom. The van der Waals surface area contributed by atoms with E-state index < -0.39 is 0 Å². The summed E-state index contributed by atoms with van der Waals surface area (Å²) in [5, 5.41) is 2.91. The van der Waals surface area contributed by atoms with Gasteiger partial charge in [0.2, 0.25) is 11.8 Å². The number of hydrogen-bond donors (Lipinski definition) is 1. The lowest BCUT2D eigenvalue weighted by Crippen LogP contribution is -2.49. The van der Waals surface area contributed by atoms with Gasteiger partial charge < -0.3 is 10.2 Å². The van der Waals surface area contributed by atoms with E-state index in [9.17, 15) is 9.59 Å². The molecule has 2 saturated carbocycles. The third-order valence-electron chi connectivity index (χ3n) is 4.73. The third kappa shape index (κ3) is 2.25. The summed E-state index contributed by atoms with van der Waals surface area (Å²) in [6, 6.07) is -0.233. The molecule has 1 unspecified atom stereocenters. The predicted molar refractivity (Wildman–Crippen MR) is 67.8 cm³/mol. The van der Waals surface area contributed by atoms with Gasteiger partial charge in [0.1, 0.15) is 6.04 Å². The normalized spacial score (nSPS) is 31.6. The molecular weight excluding hydrogens is 228 g/mol. The van der Waals surface area contributed by atoms with Crippen LogP contribution in [0.2, 0.25) is 0 Å². The Hall–Kier alpha value is -1.06. The highest BCUT2D eigenvalue weighted by Crippen LogP contribution is 2.41. The monoisotopic (exact) mass is 250 g/mol. The molecule has 2 amide bonds. The topological polar surface area (TPSA) is 49.4 Å². The lowest BCUT2D eigenvalue weighted by atomic mass is 9.70. The maximum absolute atomic E-state index is 12.5. The fraction of sp³-hybridized carbons (Fsp3) is 0.857. The molecule has 1 heterocycles. The number of carbonyl (C=O) groups is 2. The van der Waals surface area contributed by atoms with E-state index >= 15 is 0 Å². The minimum absolute atomic E-state index is 0.0431. The molecule has 0 spiro atoms. The smallest absolute Gasteiger partial charge is 0.245 e. The summed E-state index contributed by atoms with van der Waals surface area (Å²) in [5.74, 6) is 0.606. The Balaban J connectivity index is 1.71. The quantitative estimate of drug-likeness (QED) is 0.821. The molecule has 18 heavy (non-hydrogen) atoms. The molecule has 0 bridgehead atoms. The Kier molecular flexibility index (Phi) is 2.83. The number of rotatable bonds is 3. The summed E-state index contributed by atoms with van der Waals surface area (Å²) in [6.07, 6.45) is 6.34. The van der Waals surface area contributed by atoms with Gasteiger partial charge in [-0.1, -0.05) is 13.3 Å². The summed E-state index contributed by atoms with van der Waals surface area (Å²) >= 11 is 0. The van der Waals surface area contributed by atoms with Gasteiger partial charge in [-0.05, 0) is 37.0 Å². The van der Waals surface area contributed by atoms with Crippen molar-refractivity contribution in [3.63, 3.8) is 0 Å². The molecule has 4 nitrogen and oxygen atoms in total. The third-order valence-corrected chi connectivity index (χ3v) is 4.73. The van der Waals surface area contributed by atoms with Gasteiger partial charge >= 0.3 is 0 Å². The molecule has 3 aliphatic rings. The Labute approximate surface area is 108 Å². The van der Waals surface area contributed by atoms with Crippen LogP contribution in [0.5, 0.6) is 0 Å². The van der Waals surface area contributed by atoms with E-state index in [0.29, 0.717) is 24.3 Å². The maximum Gasteiger partial charge on any atom is 0.245 e. The first-order valence-corrected chi connectivity index (χ1v) is 7.16. The van der Waals surface area contributed by atoms with Crippen molar-refractivity contribution in [2.45, 2.75) is 51.5 Å². The fourth-order valence-electron chi connectivity index (χ4n) is 3.16. The standard InChI is InChI=1S/C14H22N2O2/c1-14(6-2-7-14)9-16-8-5-11(17)15-12(13(16)18)10-3-4-10/h10,12H,2-9H2,1H3,(H,15,17). The second-order valence-corrected chi connectivity index (χ2v) is 6.56. The lowest BCUT2D eigenvalue weighted by Gasteiger charge is -2.42. The largest absolute Gasteiger partial charge is 0.344 e. The average molecular weight is 250 g/mol. The van der Waals surface area contributed by atoms with Gasteiger partial charge in [0.05, 0.1) is 0 Å². The molecule has 1 saturated heterocycles. The van der Waals surface area contributed by atoms with Gasteiger partial charge in [-0.2, -0.15) is 0 Å². The number of hydrogen-bond acceptors (Lipinski definition) is 2. The number of carbonyl (C=O) groups excluding carboxylic acids is 2. The van der Waals surface area contributed by atoms with Crippen LogP contribution in [0.15, 0.2) is 0 Å². The molecule has 0 aromatic rings. The van der Waals surface area contributed by atoms with Gasteiger partial charge in [0.25, 0.3) is 0 Å². The summed E-state index contributed by atoms with van der Waals surface area (Å²) in [7, 11) is 0. The van der Waals surface area contributed by atoms with Crippen molar-refractivity contribution in [1.29, 1.82) is 0 Å². The van der Waals surface area contributed by atoms with Crippen molar-refractivity contribution in [1.82, 2.24) is 10.2 Å². The van der Waals surface area contributed by atoms with Crippen LogP contribution in [-0.4, -0.2) is 35.8 Å². The molecule has 100 valence electrons. The minimum Gasteiger partial charge on any atom is -0.344 e. The number of nitrogens with zero attached hydrogens (tertiary/aromatic N) is 1. The highest BCUT2D eigenvalue weighted by atomic mass is 16.2. The first kappa shape index (κ1) is 12.0. The van der Waals surface area contributed by atoms with E-state index in [0.717, 1.165) is 19.4 Å². The van der Waals surface area contributed by atoms with Gasteiger partial charge in [0.15, 0.2) is 0 Å². The first-order chi connectivity index (χ1) is 8.57. The van der Waals surface area contributed by atoms with Crippen molar-refractivity contribution in [2.24, 2.45) is 11.3 Å². The van der Waals surface area contributed by atoms with Crippen molar-refractivity contribution in [3.05, 3.63) is 0 Å². The molecule has 3 fully saturated rings.